The fourth-order valence-corrected chi connectivity index (χ4v) is 17.1. The highest BCUT2D eigenvalue weighted by Crippen LogP contribution is 2.46. The van der Waals surface area contributed by atoms with E-state index in [-0.39, 0.29) is 11.8 Å². The highest BCUT2D eigenvalue weighted by Gasteiger charge is 2.40. The van der Waals surface area contributed by atoms with Crippen molar-refractivity contribution in [2.45, 2.75) is 46.0 Å². The fraction of sp³-hybridized carbons (Fsp3) is 0.0714. The zero-order valence-corrected chi connectivity index (χ0v) is 60.6. The molecule has 20 aromatic rings. The summed E-state index contributed by atoms with van der Waals surface area (Å²) in [5.74, 6) is 2.95. The van der Waals surface area contributed by atoms with Crippen LogP contribution in [-0.2, 0) is 18.3 Å². The number of fused-ring (bicyclic) bond motifs is 15. The summed E-state index contributed by atoms with van der Waals surface area (Å²) in [7, 11) is 0. The van der Waals surface area contributed by atoms with Crippen molar-refractivity contribution < 1.29 is 14.0 Å². The molecule has 0 amide bonds. The molecule has 12 heteroatoms. The number of carbonyl (C=O) groups excluding carboxylic acids is 2. The minimum absolute atomic E-state index is 0.0611. The average molecular weight is 1420 g/mol. The second-order valence-electron chi connectivity index (χ2n) is 29.2. The van der Waals surface area contributed by atoms with Crippen LogP contribution < -0.4 is 0 Å². The summed E-state index contributed by atoms with van der Waals surface area (Å²) >= 11 is 0. The standard InChI is InChI=1S/C98H67N9O3/c1-5-58-23-16-17-30-71(58)95(108)106-85-57-84-77(56-80(85)99-88(106)6-2)76-54-65(45-48-82(76)104(84)69-28-14-9-15-29-69)66-46-50-86-78(55-66)89-75(33-22-36-87(89)110-86)94-102-92(63-26-12-8-13-27-63)101-93(103-94)64-43-41-61(42-44-64)60-37-39-62(40-38-60)68-51-67(59-24-10-7-11-25-59)52-70(53-68)105-81-35-21-19-31-72(81)73-47-49-83-90(91(73)105)100-97-98(3,4)79-34-20-18-32-74(79)96(109)107(83)97/h7-57H,5-6H2,1-4H3. The summed E-state index contributed by atoms with van der Waals surface area (Å²) in [5.41, 5.74) is 24.5. The number of nitrogens with zero attached hydrogens (tertiary/aromatic N) is 9. The van der Waals surface area contributed by atoms with Gasteiger partial charge in [-0.15, -0.1) is 0 Å². The van der Waals surface area contributed by atoms with Gasteiger partial charge in [-0.3, -0.25) is 18.7 Å². The number of furan rings is 1. The van der Waals surface area contributed by atoms with Crippen LogP contribution >= 0.6 is 0 Å². The molecule has 1 aliphatic rings. The minimum Gasteiger partial charge on any atom is -0.456 e. The number of aryl methyl sites for hydroxylation is 2. The lowest BCUT2D eigenvalue weighted by molar-refractivity contribution is 0.0944. The van der Waals surface area contributed by atoms with Gasteiger partial charge in [0.15, 0.2) is 17.5 Å². The van der Waals surface area contributed by atoms with Crippen LogP contribution in [0.2, 0.25) is 0 Å². The van der Waals surface area contributed by atoms with Crippen LogP contribution in [0.5, 0.6) is 0 Å². The van der Waals surface area contributed by atoms with E-state index in [1.165, 1.54) is 0 Å². The Bertz CT molecular complexity index is 7220. The van der Waals surface area contributed by atoms with E-state index in [2.05, 4.69) is 255 Å². The van der Waals surface area contributed by atoms with E-state index in [1.54, 1.807) is 0 Å². The van der Waals surface area contributed by atoms with Crippen molar-refractivity contribution in [3.8, 4) is 90.0 Å². The predicted molar refractivity (Wildman–Crippen MR) is 444 cm³/mol. The molecule has 0 aliphatic carbocycles. The van der Waals surface area contributed by atoms with Gasteiger partial charge in [-0.1, -0.05) is 220 Å². The molecule has 1 aliphatic heterocycles. The fourth-order valence-electron chi connectivity index (χ4n) is 17.1. The van der Waals surface area contributed by atoms with Crippen LogP contribution in [0.1, 0.15) is 71.2 Å². The maximum atomic E-state index is 14.7. The van der Waals surface area contributed by atoms with Gasteiger partial charge in [0, 0.05) is 83.3 Å². The van der Waals surface area contributed by atoms with Gasteiger partial charge in [0.25, 0.3) is 11.8 Å². The third-order valence-electron chi connectivity index (χ3n) is 22.5. The lowest BCUT2D eigenvalue weighted by atomic mass is 9.78. The maximum Gasteiger partial charge on any atom is 0.264 e. The summed E-state index contributed by atoms with van der Waals surface area (Å²) in [6.07, 6.45) is 1.34. The third kappa shape index (κ3) is 10.0. The summed E-state index contributed by atoms with van der Waals surface area (Å²) < 4.78 is 15.0. The van der Waals surface area contributed by atoms with Crippen LogP contribution in [-0.4, -0.2) is 55.0 Å². The first kappa shape index (κ1) is 64.2. The van der Waals surface area contributed by atoms with Crippen molar-refractivity contribution in [1.29, 1.82) is 0 Å². The Balaban J connectivity index is 0.636. The molecular weight excluding hydrogens is 1350 g/mol. The first-order valence-electron chi connectivity index (χ1n) is 37.5. The average Bonchev–Trinajstić information content (AvgIpc) is 1.53. The number of imidazole rings is 2. The second-order valence-corrected chi connectivity index (χ2v) is 29.2. The van der Waals surface area contributed by atoms with E-state index >= 15 is 0 Å². The van der Waals surface area contributed by atoms with E-state index in [0.29, 0.717) is 35.0 Å². The maximum absolute atomic E-state index is 14.7. The van der Waals surface area contributed by atoms with Gasteiger partial charge in [-0.25, -0.2) is 24.9 Å². The van der Waals surface area contributed by atoms with E-state index < -0.39 is 5.41 Å². The van der Waals surface area contributed by atoms with Crippen molar-refractivity contribution in [3.63, 3.8) is 0 Å². The van der Waals surface area contributed by atoms with Crippen molar-refractivity contribution in [2.24, 2.45) is 0 Å². The van der Waals surface area contributed by atoms with Crippen molar-refractivity contribution in [3.05, 3.63) is 343 Å². The van der Waals surface area contributed by atoms with E-state index in [4.69, 9.17) is 29.3 Å². The molecule has 12 nitrogen and oxygen atoms in total. The molecule has 7 heterocycles. The van der Waals surface area contributed by atoms with Gasteiger partial charge in [-0.2, -0.15) is 0 Å². The number of aromatic nitrogens is 9. The molecule has 6 aromatic heterocycles. The minimum atomic E-state index is -0.525. The van der Waals surface area contributed by atoms with Crippen LogP contribution in [0.3, 0.4) is 0 Å². The van der Waals surface area contributed by atoms with Crippen molar-refractivity contribution in [2.75, 3.05) is 0 Å². The summed E-state index contributed by atoms with van der Waals surface area (Å²) in [6.45, 7) is 8.48. The Labute approximate surface area is 632 Å². The number of rotatable bonds is 12. The van der Waals surface area contributed by atoms with Gasteiger partial charge >= 0.3 is 0 Å². The lowest BCUT2D eigenvalue weighted by Gasteiger charge is -2.31. The lowest BCUT2D eigenvalue weighted by Crippen LogP contribution is -2.35. The zero-order valence-electron chi connectivity index (χ0n) is 60.6. The molecular formula is C98H67N9O3. The number of benzene rings is 14. The van der Waals surface area contributed by atoms with E-state index in [0.717, 1.165) is 189 Å². The molecule has 0 fully saturated rings. The van der Waals surface area contributed by atoms with Gasteiger partial charge < -0.3 is 13.6 Å². The molecule has 522 valence electrons. The van der Waals surface area contributed by atoms with Crippen LogP contribution in [0.15, 0.2) is 314 Å². The van der Waals surface area contributed by atoms with E-state index in [1.807, 2.05) is 100 Å². The Morgan fingerprint density at radius 3 is 1.68 bits per heavy atom. The van der Waals surface area contributed by atoms with Crippen LogP contribution in [0, 0.1) is 0 Å². The highest BCUT2D eigenvalue weighted by atomic mass is 16.3. The van der Waals surface area contributed by atoms with Crippen LogP contribution in [0.4, 0.5) is 0 Å². The summed E-state index contributed by atoms with van der Waals surface area (Å²) in [6, 6.07) is 107. The molecule has 0 saturated heterocycles. The molecule has 110 heavy (non-hydrogen) atoms. The third-order valence-corrected chi connectivity index (χ3v) is 22.5. The Morgan fingerprint density at radius 2 is 0.945 bits per heavy atom. The first-order valence-corrected chi connectivity index (χ1v) is 37.5. The Kier molecular flexibility index (Phi) is 14.6. The van der Waals surface area contributed by atoms with Gasteiger partial charge in [0.05, 0.1) is 38.6 Å². The molecule has 14 aromatic carbocycles. The van der Waals surface area contributed by atoms with Crippen molar-refractivity contribution in [1.82, 2.24) is 43.2 Å². The smallest absolute Gasteiger partial charge is 0.264 e. The Morgan fingerprint density at radius 1 is 0.373 bits per heavy atom. The Hall–Kier alpha value is -14.2. The number of para-hydroxylation sites is 2. The van der Waals surface area contributed by atoms with Crippen molar-refractivity contribution >= 4 is 99.4 Å². The quantitative estimate of drug-likeness (QED) is 0.118. The molecule has 0 atom stereocenters. The normalized spacial score (nSPS) is 12.7. The molecule has 0 unspecified atom stereocenters. The molecule has 21 rings (SSSR count). The van der Waals surface area contributed by atoms with Crippen LogP contribution in [0.25, 0.3) is 178 Å². The monoisotopic (exact) mass is 1420 g/mol. The summed E-state index contributed by atoms with van der Waals surface area (Å²) in [5, 5.41) is 6.11. The number of hydrogen-bond donors (Lipinski definition) is 0. The molecule has 0 bridgehead atoms. The molecule has 0 spiro atoms. The molecule has 0 saturated carbocycles. The predicted octanol–water partition coefficient (Wildman–Crippen LogP) is 23.5. The van der Waals surface area contributed by atoms with E-state index in [9.17, 15) is 9.59 Å². The SMILES string of the molecule is CCc1ccccc1C(=O)n1c(CC)nc2cc3c4cc(-c5ccc6oc7cccc(-c8nc(-c9ccccc9)nc(-c9ccc(-c%10ccc(-c%11cc(-c%12ccccc%12)cc(-n%12c%13ccccc%13c%13ccc%14c(nc%15n%14C(=O)c%14ccccc%14C%15(C)C)c%13%12)c%11)cc%10)cc9)n8)c7c6c5)ccc4n(-c4ccccc4)c3cc21. The highest BCUT2D eigenvalue weighted by molar-refractivity contribution is 6.20. The first-order chi connectivity index (χ1) is 54.0. The van der Waals surface area contributed by atoms with Gasteiger partial charge in [-0.05, 0) is 179 Å². The second kappa shape index (κ2) is 24.9. The molecule has 0 N–H and O–H groups in total. The number of carbonyl (C=O) groups is 2. The largest absolute Gasteiger partial charge is 0.456 e. The summed E-state index contributed by atoms with van der Waals surface area (Å²) in [4.78, 5) is 55.7. The van der Waals surface area contributed by atoms with Gasteiger partial charge in [0.1, 0.15) is 28.3 Å². The number of hydrogen-bond acceptors (Lipinski definition) is 8. The topological polar surface area (TPSA) is 131 Å². The van der Waals surface area contributed by atoms with Gasteiger partial charge in [0.2, 0.25) is 0 Å². The zero-order chi connectivity index (χ0) is 73.6. The molecule has 0 radical (unpaired) electrons.